The van der Waals surface area contributed by atoms with Gasteiger partial charge in [-0.2, -0.15) is 13.2 Å². The first-order valence-corrected chi connectivity index (χ1v) is 7.17. The minimum absolute atomic E-state index is 0.292. The van der Waals surface area contributed by atoms with Crippen LogP contribution in [0.4, 0.5) is 23.7 Å². The third-order valence-electron chi connectivity index (χ3n) is 3.11. The van der Waals surface area contributed by atoms with Gasteiger partial charge in [-0.25, -0.2) is 9.10 Å². The van der Waals surface area contributed by atoms with Crippen molar-refractivity contribution in [2.75, 3.05) is 10.8 Å². The zero-order valence-corrected chi connectivity index (χ0v) is 12.9. The van der Waals surface area contributed by atoms with E-state index in [2.05, 4.69) is 24.2 Å². The molecule has 23 heavy (non-hydrogen) atoms. The average Bonchev–Trinajstić information content (AvgIpc) is 2.54. The van der Waals surface area contributed by atoms with Gasteiger partial charge in [0.05, 0.1) is 11.3 Å². The first-order chi connectivity index (χ1) is 10.9. The van der Waals surface area contributed by atoms with Crippen molar-refractivity contribution in [1.29, 1.82) is 0 Å². The van der Waals surface area contributed by atoms with Crippen LogP contribution in [0, 0.1) is 6.07 Å². The largest absolute Gasteiger partial charge is 0.416 e. The fourth-order valence-corrected chi connectivity index (χ4v) is 2.09. The summed E-state index contributed by atoms with van der Waals surface area (Å²) < 4.78 is 38.5. The molecule has 0 spiro atoms. The Morgan fingerprint density at radius 3 is 2.30 bits per heavy atom. The number of carbonyl (C=O) groups excluding carboxylic acids is 1. The van der Waals surface area contributed by atoms with Gasteiger partial charge >= 0.3 is 12.2 Å². The van der Waals surface area contributed by atoms with Crippen molar-refractivity contribution in [1.82, 2.24) is 5.32 Å². The molecular formula is C16H14F3N2OS. The van der Waals surface area contributed by atoms with Crippen LogP contribution in [0.2, 0.25) is 0 Å². The summed E-state index contributed by atoms with van der Waals surface area (Å²) in [5.41, 5.74) is 0.616. The Kier molecular flexibility index (Phi) is 5.54. The van der Waals surface area contributed by atoms with Crippen LogP contribution in [0.5, 0.6) is 0 Å². The van der Waals surface area contributed by atoms with Crippen LogP contribution in [0.1, 0.15) is 11.1 Å². The maximum atomic E-state index is 12.5. The van der Waals surface area contributed by atoms with Crippen molar-refractivity contribution in [3.05, 3.63) is 65.7 Å². The molecule has 0 aromatic heterocycles. The number of hydrogen-bond donors (Lipinski definition) is 2. The van der Waals surface area contributed by atoms with Gasteiger partial charge in [0.1, 0.15) is 0 Å². The molecule has 3 nitrogen and oxygen atoms in total. The molecule has 2 amide bonds. The van der Waals surface area contributed by atoms with Gasteiger partial charge in [0, 0.05) is 6.54 Å². The summed E-state index contributed by atoms with van der Waals surface area (Å²) in [4.78, 5) is 11.9. The Balaban J connectivity index is 1.84. The van der Waals surface area contributed by atoms with E-state index in [1.54, 1.807) is 24.3 Å². The smallest absolute Gasteiger partial charge is 0.337 e. The van der Waals surface area contributed by atoms with E-state index >= 15 is 0 Å². The highest BCUT2D eigenvalue weighted by Crippen LogP contribution is 2.29. The predicted molar refractivity (Wildman–Crippen MR) is 85.3 cm³/mol. The molecule has 0 unspecified atom stereocenters. The second-order valence-electron chi connectivity index (χ2n) is 4.75. The van der Waals surface area contributed by atoms with Gasteiger partial charge in [-0.1, -0.05) is 37.1 Å². The van der Waals surface area contributed by atoms with Gasteiger partial charge in [-0.05, 0) is 42.3 Å². The Morgan fingerprint density at radius 2 is 1.74 bits per heavy atom. The molecule has 0 atom stereocenters. The van der Waals surface area contributed by atoms with Gasteiger partial charge in [0.25, 0.3) is 0 Å². The third-order valence-corrected chi connectivity index (χ3v) is 3.52. The highest BCUT2D eigenvalue weighted by molar-refractivity contribution is 7.82. The molecular weight excluding hydrogens is 325 g/mol. The number of hydrogen-bond acceptors (Lipinski definition) is 2. The maximum absolute atomic E-state index is 12.5. The van der Waals surface area contributed by atoms with Crippen molar-refractivity contribution in [2.24, 2.45) is 0 Å². The first kappa shape index (κ1) is 17.2. The molecule has 0 aliphatic carbocycles. The van der Waals surface area contributed by atoms with E-state index in [0.717, 1.165) is 16.4 Å². The van der Waals surface area contributed by atoms with Crippen molar-refractivity contribution < 1.29 is 18.0 Å². The lowest BCUT2D eigenvalue weighted by molar-refractivity contribution is -0.137. The van der Waals surface area contributed by atoms with E-state index in [1.165, 1.54) is 12.1 Å². The van der Waals surface area contributed by atoms with Gasteiger partial charge < -0.3 is 5.32 Å². The second kappa shape index (κ2) is 7.41. The first-order valence-electron chi connectivity index (χ1n) is 6.77. The highest BCUT2D eigenvalue weighted by Gasteiger charge is 2.29. The number of nitrogens with zero attached hydrogens (tertiary/aromatic N) is 1. The number of alkyl halides is 3. The fourth-order valence-electron chi connectivity index (χ4n) is 1.89. The van der Waals surface area contributed by atoms with Gasteiger partial charge in [0.2, 0.25) is 0 Å². The van der Waals surface area contributed by atoms with Crippen LogP contribution in [-0.4, -0.2) is 12.6 Å². The van der Waals surface area contributed by atoms with Crippen LogP contribution < -0.4 is 9.62 Å². The lowest BCUT2D eigenvalue weighted by atomic mass is 10.1. The van der Waals surface area contributed by atoms with Crippen LogP contribution >= 0.6 is 12.8 Å². The number of anilines is 1. The van der Waals surface area contributed by atoms with E-state index in [1.807, 2.05) is 0 Å². The third kappa shape index (κ3) is 4.92. The highest BCUT2D eigenvalue weighted by atomic mass is 32.1. The van der Waals surface area contributed by atoms with Crippen molar-refractivity contribution in [2.45, 2.75) is 12.6 Å². The van der Waals surface area contributed by atoms with Crippen molar-refractivity contribution >= 4 is 24.5 Å². The number of carbonyl (C=O) groups is 1. The van der Waals surface area contributed by atoms with Crippen LogP contribution in [0.15, 0.2) is 48.5 Å². The molecule has 0 heterocycles. The molecule has 1 radical (unpaired) electrons. The SMILES string of the molecule is O=C(NCCc1ccc(C(F)(F)F)cc1)N(S)c1cc[c]cc1. The molecule has 0 aliphatic heterocycles. The number of rotatable bonds is 4. The topological polar surface area (TPSA) is 32.3 Å². The minimum atomic E-state index is -4.34. The molecule has 0 saturated carbocycles. The van der Waals surface area contributed by atoms with E-state index in [-0.39, 0.29) is 0 Å². The summed E-state index contributed by atoms with van der Waals surface area (Å²) in [6.07, 6.45) is -3.92. The summed E-state index contributed by atoms with van der Waals surface area (Å²) in [5, 5.41) is 2.65. The van der Waals surface area contributed by atoms with Crippen molar-refractivity contribution in [3.63, 3.8) is 0 Å². The standard InChI is InChI=1S/C16H14F3N2OS/c17-16(18,19)13-8-6-12(7-9-13)10-11-20-15(22)21(23)14-4-2-1-3-5-14/h2-9,23H,10-11H2,(H,20,22). The minimum Gasteiger partial charge on any atom is -0.337 e. The summed E-state index contributed by atoms with van der Waals surface area (Å²) in [7, 11) is 0. The summed E-state index contributed by atoms with van der Waals surface area (Å²) in [5.74, 6) is 0. The Labute approximate surface area is 137 Å². The van der Waals surface area contributed by atoms with Gasteiger partial charge in [0.15, 0.2) is 0 Å². The lowest BCUT2D eigenvalue weighted by Gasteiger charge is -2.16. The molecule has 2 aromatic rings. The van der Waals surface area contributed by atoms with Crippen LogP contribution in [0.3, 0.4) is 0 Å². The normalized spacial score (nSPS) is 11.1. The summed E-state index contributed by atoms with van der Waals surface area (Å²) >= 11 is 4.10. The predicted octanol–water partition coefficient (Wildman–Crippen LogP) is 4.11. The molecule has 0 aliphatic rings. The van der Waals surface area contributed by atoms with Crippen molar-refractivity contribution in [3.8, 4) is 0 Å². The zero-order valence-electron chi connectivity index (χ0n) is 12.0. The molecule has 0 bridgehead atoms. The number of thiol groups is 1. The zero-order chi connectivity index (χ0) is 16.9. The Bertz CT molecular complexity index is 645. The lowest BCUT2D eigenvalue weighted by Crippen LogP contribution is -2.35. The molecule has 0 saturated heterocycles. The number of urea groups is 1. The number of nitrogens with one attached hydrogen (secondary N) is 1. The van der Waals surface area contributed by atoms with Gasteiger partial charge in [-0.3, -0.25) is 0 Å². The van der Waals surface area contributed by atoms with E-state index in [4.69, 9.17) is 0 Å². The molecule has 2 aromatic carbocycles. The fraction of sp³-hybridized carbons (Fsp3) is 0.188. The van der Waals surface area contributed by atoms with Crippen LogP contribution in [0.25, 0.3) is 0 Å². The molecule has 121 valence electrons. The molecule has 7 heteroatoms. The molecule has 2 rings (SSSR count). The van der Waals surface area contributed by atoms with E-state index < -0.39 is 17.8 Å². The maximum Gasteiger partial charge on any atom is 0.416 e. The summed E-state index contributed by atoms with van der Waals surface area (Å²) in [6, 6.07) is 14.0. The Hall–Kier alpha value is -2.15. The second-order valence-corrected chi connectivity index (χ2v) is 5.15. The molecule has 1 N–H and O–H groups in total. The van der Waals surface area contributed by atoms with E-state index in [0.29, 0.717) is 24.2 Å². The van der Waals surface area contributed by atoms with Gasteiger partial charge in [-0.15, -0.1) is 0 Å². The number of halogens is 3. The number of benzene rings is 2. The Morgan fingerprint density at radius 1 is 1.13 bits per heavy atom. The molecule has 0 fully saturated rings. The number of amides is 2. The monoisotopic (exact) mass is 339 g/mol. The van der Waals surface area contributed by atoms with E-state index in [9.17, 15) is 18.0 Å². The average molecular weight is 339 g/mol. The summed E-state index contributed by atoms with van der Waals surface area (Å²) in [6.45, 7) is 0.292. The van der Waals surface area contributed by atoms with Crippen LogP contribution in [-0.2, 0) is 12.6 Å². The quantitative estimate of drug-likeness (QED) is 0.808.